The first-order valence-electron chi connectivity index (χ1n) is 12.7. The summed E-state index contributed by atoms with van der Waals surface area (Å²) in [5, 5.41) is 20.6. The van der Waals surface area contributed by atoms with Gasteiger partial charge in [0.1, 0.15) is 18.4 Å². The lowest BCUT2D eigenvalue weighted by molar-refractivity contribution is 0.115. The van der Waals surface area contributed by atoms with Crippen LogP contribution in [0.1, 0.15) is 60.8 Å². The minimum Gasteiger partial charge on any atom is -0.382 e. The second-order valence-electron chi connectivity index (χ2n) is 8.91. The van der Waals surface area contributed by atoms with E-state index in [2.05, 4.69) is 97.2 Å². The Hall–Kier alpha value is -2.77. The van der Waals surface area contributed by atoms with Gasteiger partial charge in [-0.05, 0) is 50.2 Å². The highest BCUT2D eigenvalue weighted by atomic mass is 16.3. The fourth-order valence-electron chi connectivity index (χ4n) is 3.75. The maximum atomic E-state index is 9.97. The minimum absolute atomic E-state index is 0.357. The SMILES string of the molecule is C=C(/N=C\N(C(=C\C)/C(=C/N(C)N(C)C)CC)/C(CC)=C(\C)C1=CC(C)C=CCN1)NC(O)CC. The molecule has 0 radical (unpaired) electrons. The first kappa shape index (κ1) is 30.3. The number of allylic oxidation sites excluding steroid dienone is 6. The first-order valence-corrected chi connectivity index (χ1v) is 12.7. The molecular weight excluding hydrogens is 436 g/mol. The summed E-state index contributed by atoms with van der Waals surface area (Å²) in [4.78, 5) is 6.76. The Morgan fingerprint density at radius 2 is 1.97 bits per heavy atom. The molecule has 0 fully saturated rings. The number of aliphatic hydroxyl groups is 1. The highest BCUT2D eigenvalue weighted by Crippen LogP contribution is 2.28. The van der Waals surface area contributed by atoms with Crippen molar-refractivity contribution in [3.8, 4) is 0 Å². The number of hydrazine groups is 1. The van der Waals surface area contributed by atoms with Crippen LogP contribution in [0.15, 0.2) is 76.1 Å². The van der Waals surface area contributed by atoms with Gasteiger partial charge in [0.25, 0.3) is 0 Å². The number of aliphatic imine (C=N–C) groups is 1. The van der Waals surface area contributed by atoms with Gasteiger partial charge in [-0.15, -0.1) is 0 Å². The molecule has 2 unspecified atom stereocenters. The van der Waals surface area contributed by atoms with Gasteiger partial charge in [0.15, 0.2) is 0 Å². The first-order chi connectivity index (χ1) is 16.6. The van der Waals surface area contributed by atoms with E-state index in [1.165, 1.54) is 11.1 Å². The third-order valence-electron chi connectivity index (χ3n) is 6.01. The van der Waals surface area contributed by atoms with Crippen LogP contribution < -0.4 is 10.6 Å². The minimum atomic E-state index is -0.675. The van der Waals surface area contributed by atoms with Crippen molar-refractivity contribution < 1.29 is 5.11 Å². The zero-order valence-corrected chi connectivity index (χ0v) is 23.4. The summed E-state index contributed by atoms with van der Waals surface area (Å²) in [6.45, 7) is 17.4. The van der Waals surface area contributed by atoms with E-state index in [1.807, 2.05) is 39.4 Å². The van der Waals surface area contributed by atoms with Crippen molar-refractivity contribution in [2.75, 3.05) is 27.7 Å². The molecule has 7 heteroatoms. The van der Waals surface area contributed by atoms with Gasteiger partial charge in [0.05, 0.1) is 0 Å². The summed E-state index contributed by atoms with van der Waals surface area (Å²) in [5.74, 6) is 0.778. The third kappa shape index (κ3) is 9.42. The number of nitrogens with zero attached hydrogens (tertiary/aromatic N) is 4. The van der Waals surface area contributed by atoms with Crippen molar-refractivity contribution in [1.82, 2.24) is 25.6 Å². The van der Waals surface area contributed by atoms with Gasteiger partial charge in [-0.1, -0.05) is 58.6 Å². The van der Waals surface area contributed by atoms with E-state index in [1.54, 1.807) is 0 Å². The van der Waals surface area contributed by atoms with E-state index in [-0.39, 0.29) is 0 Å². The average Bonchev–Trinajstić information content (AvgIpc) is 3.05. The van der Waals surface area contributed by atoms with Gasteiger partial charge >= 0.3 is 0 Å². The highest BCUT2D eigenvalue weighted by Gasteiger charge is 2.20. The molecule has 7 nitrogen and oxygen atoms in total. The molecule has 196 valence electrons. The van der Waals surface area contributed by atoms with E-state index in [4.69, 9.17) is 0 Å². The van der Waals surface area contributed by atoms with Crippen molar-refractivity contribution in [3.63, 3.8) is 0 Å². The van der Waals surface area contributed by atoms with Crippen LogP contribution in [0, 0.1) is 5.92 Å². The molecular formula is C28H48N6O. The van der Waals surface area contributed by atoms with Crippen LogP contribution in [0.2, 0.25) is 0 Å². The fourth-order valence-corrected chi connectivity index (χ4v) is 3.75. The fraction of sp³-hybridized carbons (Fsp3) is 0.536. The zero-order valence-electron chi connectivity index (χ0n) is 23.4. The van der Waals surface area contributed by atoms with Crippen LogP contribution in [-0.4, -0.2) is 60.3 Å². The van der Waals surface area contributed by atoms with Crippen molar-refractivity contribution in [2.24, 2.45) is 10.9 Å². The van der Waals surface area contributed by atoms with Gasteiger partial charge in [0.2, 0.25) is 0 Å². The largest absolute Gasteiger partial charge is 0.382 e. The molecule has 1 heterocycles. The molecule has 0 aromatic heterocycles. The summed E-state index contributed by atoms with van der Waals surface area (Å²) in [6, 6.07) is 0. The molecule has 3 N–H and O–H groups in total. The smallest absolute Gasteiger partial charge is 0.125 e. The van der Waals surface area contributed by atoms with E-state index < -0.39 is 6.23 Å². The van der Waals surface area contributed by atoms with Gasteiger partial charge in [-0.3, -0.25) is 0 Å². The predicted octanol–water partition coefficient (Wildman–Crippen LogP) is 5.08. The quantitative estimate of drug-likeness (QED) is 0.0846. The topological polar surface area (TPSA) is 66.4 Å². The molecule has 35 heavy (non-hydrogen) atoms. The summed E-state index contributed by atoms with van der Waals surface area (Å²) in [5.41, 5.74) is 5.70. The molecule has 2 atom stereocenters. The molecule has 0 amide bonds. The summed E-state index contributed by atoms with van der Waals surface area (Å²) in [6.07, 6.45) is 14.3. The Morgan fingerprint density at radius 1 is 1.29 bits per heavy atom. The van der Waals surface area contributed by atoms with E-state index in [9.17, 15) is 5.11 Å². The van der Waals surface area contributed by atoms with Crippen LogP contribution in [0.4, 0.5) is 0 Å². The average molecular weight is 485 g/mol. The van der Waals surface area contributed by atoms with Crippen LogP contribution in [-0.2, 0) is 0 Å². The van der Waals surface area contributed by atoms with Crippen LogP contribution in [0.5, 0.6) is 0 Å². The van der Waals surface area contributed by atoms with Gasteiger partial charge in [-0.2, -0.15) is 0 Å². The Kier molecular flexibility index (Phi) is 13.2. The molecule has 1 aliphatic heterocycles. The second-order valence-corrected chi connectivity index (χ2v) is 8.91. The highest BCUT2D eigenvalue weighted by molar-refractivity contribution is 5.66. The Balaban J connectivity index is 3.64. The monoisotopic (exact) mass is 484 g/mol. The molecule has 0 saturated carbocycles. The predicted molar refractivity (Wildman–Crippen MR) is 150 cm³/mol. The Morgan fingerprint density at radius 3 is 2.51 bits per heavy atom. The van der Waals surface area contributed by atoms with E-state index in [0.717, 1.165) is 36.5 Å². The Bertz CT molecular complexity index is 878. The zero-order chi connectivity index (χ0) is 26.5. The standard InChI is InChI=1S/C28H48N6O/c1-11-24(19-33(10)32(8)9)27(13-3)34(20-30-23(7)31-28(35)14-4)26(12-2)22(6)25-18-21(5)16-15-17-29-25/h13,15-16,18-21,28-29,31,35H,7,11-12,14,17H2,1-6,8-10H3/b24-19+,26-22+,27-13-,30-20-. The number of nitrogens with one attached hydrogen (secondary N) is 2. The summed E-state index contributed by atoms with van der Waals surface area (Å²) < 4.78 is 0. The lowest BCUT2D eigenvalue weighted by Crippen LogP contribution is -2.30. The van der Waals surface area contributed by atoms with Crippen molar-refractivity contribution in [1.29, 1.82) is 0 Å². The molecule has 1 aliphatic rings. The lowest BCUT2D eigenvalue weighted by atomic mass is 10.0. The summed E-state index contributed by atoms with van der Waals surface area (Å²) in [7, 11) is 6.08. The normalized spacial score (nSPS) is 18.6. The van der Waals surface area contributed by atoms with E-state index >= 15 is 0 Å². The summed E-state index contributed by atoms with van der Waals surface area (Å²) >= 11 is 0. The lowest BCUT2D eigenvalue weighted by Gasteiger charge is -2.31. The second kappa shape index (κ2) is 15.3. The van der Waals surface area contributed by atoms with Gasteiger partial charge in [-0.25, -0.2) is 10.0 Å². The van der Waals surface area contributed by atoms with Crippen molar-refractivity contribution in [2.45, 2.75) is 67.0 Å². The van der Waals surface area contributed by atoms with Gasteiger partial charge in [0, 0.05) is 51.0 Å². The van der Waals surface area contributed by atoms with Crippen LogP contribution >= 0.6 is 0 Å². The molecule has 1 rings (SSSR count). The van der Waals surface area contributed by atoms with Crippen LogP contribution in [0.25, 0.3) is 0 Å². The molecule has 0 aromatic carbocycles. The molecule has 0 bridgehead atoms. The van der Waals surface area contributed by atoms with Gasteiger partial charge < -0.3 is 25.6 Å². The maximum absolute atomic E-state index is 9.97. The maximum Gasteiger partial charge on any atom is 0.125 e. The number of aliphatic hydroxyl groups excluding tert-OH is 1. The molecule has 0 aliphatic carbocycles. The molecule has 0 aromatic rings. The van der Waals surface area contributed by atoms with Crippen molar-refractivity contribution in [3.05, 3.63) is 71.1 Å². The van der Waals surface area contributed by atoms with E-state index in [0.29, 0.717) is 18.2 Å². The number of rotatable bonds is 13. The van der Waals surface area contributed by atoms with Crippen LogP contribution in [0.3, 0.4) is 0 Å². The van der Waals surface area contributed by atoms with Crippen molar-refractivity contribution >= 4 is 6.34 Å². The number of hydrogen-bond acceptors (Lipinski definition) is 6. The molecule has 0 saturated heterocycles. The Labute approximate surface area is 213 Å². The third-order valence-corrected chi connectivity index (χ3v) is 6.01. The molecule has 0 spiro atoms. The number of hydrogen-bond donors (Lipinski definition) is 3.